The van der Waals surface area contributed by atoms with Crippen LogP contribution in [0.3, 0.4) is 0 Å². The molecule has 0 amide bonds. The second-order valence-corrected chi connectivity index (χ2v) is 3.01. The Morgan fingerprint density at radius 2 is 2.42 bits per heavy atom. The molecule has 1 aromatic rings. The maximum atomic E-state index is 11.0. The molecule has 0 saturated carbocycles. The van der Waals surface area contributed by atoms with Crippen molar-refractivity contribution in [3.05, 3.63) is 21.5 Å². The van der Waals surface area contributed by atoms with Gasteiger partial charge >= 0.3 is 5.97 Å². The number of carbonyl (C=O) groups is 1. The number of hydrogen-bond donors (Lipinski definition) is 1. The fourth-order valence-corrected chi connectivity index (χ4v) is 1.15. The normalized spacial score (nSPS) is 9.50. The zero-order valence-corrected chi connectivity index (χ0v) is 8.40. The highest BCUT2D eigenvalue weighted by Crippen LogP contribution is 2.21. The molecule has 4 nitrogen and oxygen atoms in total. The van der Waals surface area contributed by atoms with Gasteiger partial charge in [0.2, 0.25) is 0 Å². The summed E-state index contributed by atoms with van der Waals surface area (Å²) in [5.74, 6) is -0.697. The quantitative estimate of drug-likeness (QED) is 0.476. The summed E-state index contributed by atoms with van der Waals surface area (Å²) in [5.41, 5.74) is 0.136. The number of aromatic nitrogens is 1. The molecule has 0 fully saturated rings. The van der Waals surface area contributed by atoms with E-state index in [-0.39, 0.29) is 11.3 Å². The maximum Gasteiger partial charge on any atom is 0.341 e. The van der Waals surface area contributed by atoms with Gasteiger partial charge < -0.3 is 9.84 Å². The van der Waals surface area contributed by atoms with E-state index < -0.39 is 5.97 Å². The van der Waals surface area contributed by atoms with E-state index in [2.05, 4.69) is 9.72 Å². The molecule has 0 aliphatic carbocycles. The van der Waals surface area contributed by atoms with Crippen molar-refractivity contribution in [1.82, 2.24) is 4.98 Å². The second-order valence-electron chi connectivity index (χ2n) is 1.99. The van der Waals surface area contributed by atoms with Gasteiger partial charge in [-0.05, 0) is 28.7 Å². The van der Waals surface area contributed by atoms with Crippen LogP contribution in [0.15, 0.2) is 12.3 Å². The minimum Gasteiger partial charge on any atom is -0.504 e. The van der Waals surface area contributed by atoms with Crippen LogP contribution in [-0.4, -0.2) is 23.2 Å². The van der Waals surface area contributed by atoms with Crippen LogP contribution in [0, 0.1) is 3.70 Å². The number of carbonyl (C=O) groups excluding carboxylic acids is 1. The lowest BCUT2D eigenvalue weighted by molar-refractivity contribution is 0.0597. The van der Waals surface area contributed by atoms with Crippen LogP contribution in [-0.2, 0) is 4.74 Å². The van der Waals surface area contributed by atoms with Gasteiger partial charge in [0, 0.05) is 6.20 Å². The van der Waals surface area contributed by atoms with E-state index in [4.69, 9.17) is 0 Å². The second kappa shape index (κ2) is 3.70. The van der Waals surface area contributed by atoms with Gasteiger partial charge in [-0.25, -0.2) is 9.78 Å². The molecule has 0 unspecified atom stereocenters. The van der Waals surface area contributed by atoms with Gasteiger partial charge in [0.05, 0.1) is 7.11 Å². The highest BCUT2D eigenvalue weighted by atomic mass is 127. The van der Waals surface area contributed by atoms with E-state index in [9.17, 15) is 9.90 Å². The molecule has 5 heteroatoms. The number of aromatic hydroxyl groups is 1. The number of esters is 1. The van der Waals surface area contributed by atoms with E-state index in [1.54, 1.807) is 0 Å². The molecule has 12 heavy (non-hydrogen) atoms. The summed E-state index contributed by atoms with van der Waals surface area (Å²) in [4.78, 5) is 14.8. The molecule has 0 bridgehead atoms. The molecule has 64 valence electrons. The van der Waals surface area contributed by atoms with Crippen LogP contribution < -0.4 is 0 Å². The molecule has 1 heterocycles. The number of halogens is 1. The van der Waals surface area contributed by atoms with Gasteiger partial charge in [-0.2, -0.15) is 0 Å². The van der Waals surface area contributed by atoms with E-state index >= 15 is 0 Å². The third-order valence-corrected chi connectivity index (χ3v) is 2.07. The van der Waals surface area contributed by atoms with Crippen LogP contribution in [0.5, 0.6) is 5.75 Å². The summed E-state index contributed by atoms with van der Waals surface area (Å²) >= 11 is 1.83. The molecule has 0 spiro atoms. The zero-order valence-electron chi connectivity index (χ0n) is 6.24. The van der Waals surface area contributed by atoms with Crippen molar-refractivity contribution in [2.24, 2.45) is 0 Å². The largest absolute Gasteiger partial charge is 0.504 e. The minimum absolute atomic E-state index is 0.134. The lowest BCUT2D eigenvalue weighted by atomic mass is 10.2. The summed E-state index contributed by atoms with van der Waals surface area (Å²) in [6.07, 6.45) is 1.44. The maximum absolute atomic E-state index is 11.0. The Hall–Kier alpha value is -0.850. The molecule has 0 aromatic carbocycles. The number of pyridine rings is 1. The van der Waals surface area contributed by atoms with Crippen molar-refractivity contribution in [2.45, 2.75) is 0 Å². The van der Waals surface area contributed by atoms with Crippen molar-refractivity contribution in [3.63, 3.8) is 0 Å². The first kappa shape index (κ1) is 9.24. The fourth-order valence-electron chi connectivity index (χ4n) is 0.703. The van der Waals surface area contributed by atoms with Crippen LogP contribution in [0.2, 0.25) is 0 Å². The van der Waals surface area contributed by atoms with E-state index in [0.29, 0.717) is 3.70 Å². The van der Waals surface area contributed by atoms with E-state index in [0.717, 1.165) is 0 Å². The predicted octanol–water partition coefficient (Wildman–Crippen LogP) is 1.18. The predicted molar refractivity (Wildman–Crippen MR) is 50.0 cm³/mol. The number of methoxy groups -OCH3 is 1. The third-order valence-electron chi connectivity index (χ3n) is 1.28. The van der Waals surface area contributed by atoms with Gasteiger partial charge in [-0.15, -0.1) is 0 Å². The Kier molecular flexibility index (Phi) is 2.85. The molecule has 1 rings (SSSR count). The smallest absolute Gasteiger partial charge is 0.341 e. The first-order valence-electron chi connectivity index (χ1n) is 3.08. The lowest BCUT2D eigenvalue weighted by Crippen LogP contribution is -2.02. The standard InChI is InChI=1S/C7H6INO3/c1-12-7(11)4-2-3-9-6(8)5(4)10/h2-3,10H,1H3. The molecule has 0 aliphatic heterocycles. The van der Waals surface area contributed by atoms with E-state index in [1.807, 2.05) is 22.6 Å². The highest BCUT2D eigenvalue weighted by molar-refractivity contribution is 14.1. The van der Waals surface area contributed by atoms with Crippen LogP contribution in [0.25, 0.3) is 0 Å². The van der Waals surface area contributed by atoms with Crippen LogP contribution in [0.4, 0.5) is 0 Å². The van der Waals surface area contributed by atoms with Gasteiger partial charge in [-0.3, -0.25) is 0 Å². The first-order valence-corrected chi connectivity index (χ1v) is 4.16. The van der Waals surface area contributed by atoms with Crippen molar-refractivity contribution < 1.29 is 14.6 Å². The van der Waals surface area contributed by atoms with Crippen molar-refractivity contribution in [1.29, 1.82) is 0 Å². The van der Waals surface area contributed by atoms with E-state index in [1.165, 1.54) is 19.4 Å². The Morgan fingerprint density at radius 1 is 1.75 bits per heavy atom. The van der Waals surface area contributed by atoms with Crippen LogP contribution in [0.1, 0.15) is 10.4 Å². The van der Waals surface area contributed by atoms with Crippen molar-refractivity contribution >= 4 is 28.6 Å². The average Bonchev–Trinajstić information content (AvgIpc) is 2.08. The monoisotopic (exact) mass is 279 g/mol. The van der Waals surface area contributed by atoms with Crippen molar-refractivity contribution in [3.8, 4) is 5.75 Å². The molecule has 0 radical (unpaired) electrons. The topological polar surface area (TPSA) is 59.4 Å². The van der Waals surface area contributed by atoms with Gasteiger partial charge in [0.15, 0.2) is 5.75 Å². The molecule has 1 aromatic heterocycles. The molecular weight excluding hydrogens is 273 g/mol. The third kappa shape index (κ3) is 1.66. The number of nitrogens with zero attached hydrogens (tertiary/aromatic N) is 1. The van der Waals surface area contributed by atoms with Crippen molar-refractivity contribution in [2.75, 3.05) is 7.11 Å². The summed E-state index contributed by atoms with van der Waals surface area (Å²) in [6.45, 7) is 0. The summed E-state index contributed by atoms with van der Waals surface area (Å²) in [6, 6.07) is 1.41. The van der Waals surface area contributed by atoms with Crippen LogP contribution >= 0.6 is 22.6 Å². The number of rotatable bonds is 1. The summed E-state index contributed by atoms with van der Waals surface area (Å²) < 4.78 is 4.83. The number of ether oxygens (including phenoxy) is 1. The Bertz CT molecular complexity index is 314. The molecule has 0 atom stereocenters. The van der Waals surface area contributed by atoms with Gasteiger partial charge in [0.25, 0.3) is 0 Å². The molecule has 0 saturated heterocycles. The SMILES string of the molecule is COC(=O)c1ccnc(I)c1O. The minimum atomic E-state index is -0.562. The molecule has 0 aliphatic rings. The lowest BCUT2D eigenvalue weighted by Gasteiger charge is -2.01. The fraction of sp³-hybridized carbons (Fsp3) is 0.143. The number of hydrogen-bond acceptors (Lipinski definition) is 4. The van der Waals surface area contributed by atoms with Gasteiger partial charge in [0.1, 0.15) is 9.26 Å². The summed E-state index contributed by atoms with van der Waals surface area (Å²) in [5, 5.41) is 9.33. The Labute approximate surface area is 82.7 Å². The Morgan fingerprint density at radius 3 is 3.00 bits per heavy atom. The first-order chi connectivity index (χ1) is 5.66. The summed E-state index contributed by atoms with van der Waals surface area (Å²) in [7, 11) is 1.26. The Balaban J connectivity index is 3.16. The molecule has 1 N–H and O–H groups in total. The molecular formula is C7H6INO3. The average molecular weight is 279 g/mol. The highest BCUT2D eigenvalue weighted by Gasteiger charge is 2.13. The zero-order chi connectivity index (χ0) is 9.14. The van der Waals surface area contributed by atoms with Gasteiger partial charge in [-0.1, -0.05) is 0 Å².